The van der Waals surface area contributed by atoms with Crippen LogP contribution in [0.25, 0.3) is 11.1 Å². The first-order valence-corrected chi connectivity index (χ1v) is 15.0. The van der Waals surface area contributed by atoms with Gasteiger partial charge in [0.1, 0.15) is 11.6 Å². The van der Waals surface area contributed by atoms with E-state index in [4.69, 9.17) is 4.74 Å². The monoisotopic (exact) mass is 552 g/mol. The molecule has 1 aliphatic heterocycles. The summed E-state index contributed by atoms with van der Waals surface area (Å²) in [6, 6.07) is 17.0. The number of amides is 1. The van der Waals surface area contributed by atoms with Gasteiger partial charge < -0.3 is 19.4 Å². The van der Waals surface area contributed by atoms with E-state index in [9.17, 15) is 23.5 Å². The molecule has 1 saturated heterocycles. The van der Waals surface area contributed by atoms with Crippen molar-refractivity contribution in [3.63, 3.8) is 0 Å². The highest BCUT2D eigenvalue weighted by molar-refractivity contribution is 7.60. The number of piperazine rings is 1. The first-order chi connectivity index (χ1) is 18.7. The minimum Gasteiger partial charge on any atom is -0.494 e. The molecule has 0 aromatic heterocycles. The third-order valence-corrected chi connectivity index (χ3v) is 8.42. The van der Waals surface area contributed by atoms with Crippen molar-refractivity contribution in [1.29, 1.82) is 0 Å². The van der Waals surface area contributed by atoms with Gasteiger partial charge in [-0.05, 0) is 84.3 Å². The lowest BCUT2D eigenvalue weighted by Crippen LogP contribution is -2.48. The van der Waals surface area contributed by atoms with Gasteiger partial charge in [-0.2, -0.15) is 0 Å². The van der Waals surface area contributed by atoms with E-state index in [0.717, 1.165) is 60.5 Å². The van der Waals surface area contributed by atoms with Crippen LogP contribution in [-0.2, 0) is 22.3 Å². The van der Waals surface area contributed by atoms with Crippen molar-refractivity contribution < 1.29 is 28.3 Å². The van der Waals surface area contributed by atoms with Gasteiger partial charge >= 0.3 is 7.60 Å². The molecule has 1 amide bonds. The zero-order valence-electron chi connectivity index (χ0n) is 22.1. The van der Waals surface area contributed by atoms with E-state index >= 15 is 0 Å². The molecule has 3 aromatic rings. The van der Waals surface area contributed by atoms with Crippen LogP contribution in [0.15, 0.2) is 60.7 Å². The van der Waals surface area contributed by atoms with Gasteiger partial charge in [-0.3, -0.25) is 14.3 Å². The fraction of sp³-hybridized carbons (Fsp3) is 0.367. The molecule has 7 nitrogen and oxygen atoms in total. The molecular formula is C30H34FN2O5P. The van der Waals surface area contributed by atoms with Crippen molar-refractivity contribution in [1.82, 2.24) is 9.80 Å². The maximum atomic E-state index is 13.6. The number of nitrogens with zero attached hydrogens (tertiary/aromatic N) is 2. The molecule has 0 spiro atoms. The van der Waals surface area contributed by atoms with Gasteiger partial charge in [0.05, 0.1) is 18.3 Å². The minimum absolute atomic E-state index is 0.00764. The molecule has 0 unspecified atom stereocenters. The lowest BCUT2D eigenvalue weighted by molar-refractivity contribution is -0.132. The molecule has 1 saturated carbocycles. The molecule has 206 valence electrons. The highest BCUT2D eigenvalue weighted by Crippen LogP contribution is 2.46. The molecule has 0 radical (unpaired) electrons. The first kappa shape index (κ1) is 27.5. The first-order valence-electron chi connectivity index (χ1n) is 13.4. The van der Waals surface area contributed by atoms with Crippen LogP contribution in [0.2, 0.25) is 0 Å². The van der Waals surface area contributed by atoms with E-state index in [2.05, 4.69) is 17.0 Å². The Morgan fingerprint density at radius 3 is 2.26 bits per heavy atom. The van der Waals surface area contributed by atoms with Crippen LogP contribution in [0, 0.1) is 5.82 Å². The lowest BCUT2D eigenvalue weighted by atomic mass is 9.93. The molecule has 1 aliphatic carbocycles. The Labute approximate surface area is 228 Å². The van der Waals surface area contributed by atoms with Crippen molar-refractivity contribution in [3.05, 3.63) is 83.2 Å². The van der Waals surface area contributed by atoms with E-state index < -0.39 is 7.60 Å². The molecule has 39 heavy (non-hydrogen) atoms. The Kier molecular flexibility index (Phi) is 8.19. The topological polar surface area (TPSA) is 90.3 Å². The summed E-state index contributed by atoms with van der Waals surface area (Å²) >= 11 is 0. The number of hydrogen-bond acceptors (Lipinski definition) is 4. The number of hydrogen-bond donors (Lipinski definition) is 2. The molecule has 3 aromatic carbocycles. The molecule has 9 heteroatoms. The van der Waals surface area contributed by atoms with Crippen molar-refractivity contribution in [2.75, 3.05) is 32.8 Å². The molecule has 2 aliphatic rings. The van der Waals surface area contributed by atoms with Crippen LogP contribution < -0.4 is 10.0 Å². The third-order valence-electron chi connectivity index (χ3n) is 7.45. The summed E-state index contributed by atoms with van der Waals surface area (Å²) in [6.07, 6.45) is 2.51. The molecule has 2 fully saturated rings. The van der Waals surface area contributed by atoms with Gasteiger partial charge in [0.2, 0.25) is 5.91 Å². The average molecular weight is 553 g/mol. The average Bonchev–Trinajstić information content (AvgIpc) is 3.76. The van der Waals surface area contributed by atoms with Crippen LogP contribution in [0.4, 0.5) is 4.39 Å². The van der Waals surface area contributed by atoms with Gasteiger partial charge in [-0.25, -0.2) is 4.39 Å². The Hall–Kier alpha value is -3.03. The zero-order chi connectivity index (χ0) is 27.6. The highest BCUT2D eigenvalue weighted by Gasteiger charge is 2.29. The van der Waals surface area contributed by atoms with Gasteiger partial charge in [0, 0.05) is 38.3 Å². The van der Waals surface area contributed by atoms with Gasteiger partial charge in [-0.1, -0.05) is 24.3 Å². The highest BCUT2D eigenvalue weighted by atomic mass is 31.2. The third kappa shape index (κ3) is 6.76. The molecule has 2 N–H and O–H groups in total. The second kappa shape index (κ2) is 11.6. The molecule has 1 heterocycles. The lowest BCUT2D eigenvalue weighted by Gasteiger charge is -2.35. The number of carbonyl (C=O) groups is 1. The normalized spacial score (nSPS) is 16.4. The number of rotatable bonds is 9. The standard InChI is InChI=1S/C30H34FN2O5P/c1-2-38-29-19-28(23-7-9-25(31)10-8-23)27(22-5-6-22)18-24(29)20-32-13-15-33(16-14-32)30(34)17-21-3-11-26(12-4-21)39(35,36)37/h3-4,7-12,18-19,22H,2,5-6,13-17,20H2,1H3,(H2,35,36,37). The van der Waals surface area contributed by atoms with Crippen molar-refractivity contribution >= 4 is 18.8 Å². The van der Waals surface area contributed by atoms with Crippen LogP contribution in [-0.4, -0.2) is 58.3 Å². The molecule has 0 atom stereocenters. The Balaban J connectivity index is 1.25. The van der Waals surface area contributed by atoms with Crippen LogP contribution in [0.1, 0.15) is 42.4 Å². The predicted molar refractivity (Wildman–Crippen MR) is 149 cm³/mol. The number of benzene rings is 3. The number of carbonyl (C=O) groups excluding carboxylic acids is 1. The van der Waals surface area contributed by atoms with E-state index in [1.54, 1.807) is 12.1 Å². The van der Waals surface area contributed by atoms with Crippen molar-refractivity contribution in [3.8, 4) is 16.9 Å². The minimum atomic E-state index is -4.29. The summed E-state index contributed by atoms with van der Waals surface area (Å²) in [5.41, 5.74) is 5.26. The molecule has 5 rings (SSSR count). The zero-order valence-corrected chi connectivity index (χ0v) is 22.9. The Morgan fingerprint density at radius 2 is 1.67 bits per heavy atom. The van der Waals surface area contributed by atoms with Gasteiger partial charge in [0.25, 0.3) is 0 Å². The van der Waals surface area contributed by atoms with Crippen LogP contribution >= 0.6 is 7.60 Å². The fourth-order valence-electron chi connectivity index (χ4n) is 5.16. The predicted octanol–water partition coefficient (Wildman–Crippen LogP) is 4.46. The number of halogens is 1. The van der Waals surface area contributed by atoms with E-state index in [1.165, 1.54) is 29.8 Å². The Morgan fingerprint density at radius 1 is 1.00 bits per heavy atom. The second-order valence-corrected chi connectivity index (χ2v) is 11.9. The van der Waals surface area contributed by atoms with E-state index in [0.29, 0.717) is 25.6 Å². The smallest absolute Gasteiger partial charge is 0.356 e. The summed E-state index contributed by atoms with van der Waals surface area (Å²) in [7, 11) is -4.29. The maximum absolute atomic E-state index is 13.6. The van der Waals surface area contributed by atoms with Crippen LogP contribution in [0.3, 0.4) is 0 Å². The van der Waals surface area contributed by atoms with Crippen LogP contribution in [0.5, 0.6) is 5.75 Å². The Bertz CT molecular complexity index is 1360. The van der Waals surface area contributed by atoms with E-state index in [1.807, 2.05) is 24.0 Å². The second-order valence-electron chi connectivity index (χ2n) is 10.3. The van der Waals surface area contributed by atoms with E-state index in [-0.39, 0.29) is 23.4 Å². The number of ether oxygens (including phenoxy) is 1. The quantitative estimate of drug-likeness (QED) is 0.381. The van der Waals surface area contributed by atoms with Crippen molar-refractivity contribution in [2.45, 2.75) is 38.6 Å². The molecule has 0 bridgehead atoms. The summed E-state index contributed by atoms with van der Waals surface area (Å²) in [4.78, 5) is 35.6. The van der Waals surface area contributed by atoms with Crippen molar-refractivity contribution in [2.24, 2.45) is 0 Å². The summed E-state index contributed by atoms with van der Waals surface area (Å²) in [5, 5.41) is -0.0470. The fourth-order valence-corrected chi connectivity index (χ4v) is 5.70. The SMILES string of the molecule is CCOc1cc(-c2ccc(F)cc2)c(C2CC2)cc1CN1CCN(C(=O)Cc2ccc(P(=O)(O)O)cc2)CC1. The largest absolute Gasteiger partial charge is 0.494 e. The molecular weight excluding hydrogens is 518 g/mol. The summed E-state index contributed by atoms with van der Waals surface area (Å²) in [6.45, 7) is 5.97. The summed E-state index contributed by atoms with van der Waals surface area (Å²) < 4.78 is 31.0. The maximum Gasteiger partial charge on any atom is 0.356 e. The van der Waals surface area contributed by atoms with Gasteiger partial charge in [0.15, 0.2) is 0 Å². The van der Waals surface area contributed by atoms with Gasteiger partial charge in [-0.15, -0.1) is 0 Å². The summed E-state index contributed by atoms with van der Waals surface area (Å²) in [5.74, 6) is 1.13.